The van der Waals surface area contributed by atoms with Gasteiger partial charge in [0.25, 0.3) is 5.08 Å². The highest BCUT2D eigenvalue weighted by Gasteiger charge is 2.58. The van der Waals surface area contributed by atoms with Crippen molar-refractivity contribution in [2.75, 3.05) is 27.7 Å². The minimum Gasteiger partial charge on any atom is -1.00 e. The summed E-state index contributed by atoms with van der Waals surface area (Å²) in [7, 11) is -5.17. The third kappa shape index (κ3) is 5.65. The molecule has 0 aliphatic heterocycles. The van der Waals surface area contributed by atoms with Crippen molar-refractivity contribution in [1.29, 1.82) is 0 Å². The van der Waals surface area contributed by atoms with Crippen LogP contribution in [0.4, 0.5) is 0 Å². The zero-order valence-electron chi connectivity index (χ0n) is 10.4. The highest BCUT2D eigenvalue weighted by atomic mass is 35.5. The van der Waals surface area contributed by atoms with E-state index in [1.165, 1.54) is 0 Å². The molecule has 0 aliphatic rings. The zero-order chi connectivity index (χ0) is 14.1. The molecule has 0 aromatic rings. The van der Waals surface area contributed by atoms with E-state index in [4.69, 9.17) is 19.6 Å². The first-order valence-corrected chi connectivity index (χ1v) is 8.07. The molecule has 0 aromatic carbocycles. The lowest BCUT2D eigenvalue weighted by atomic mass is 10.3. The average Bonchev–Trinajstić information content (AvgIpc) is 1.96. The normalized spacial score (nSPS) is 14.2. The summed E-state index contributed by atoms with van der Waals surface area (Å²) in [4.78, 5) is 35.5. The molecule has 0 fully saturated rings. The minimum absolute atomic E-state index is 0. The maximum atomic E-state index is 11.0. The summed E-state index contributed by atoms with van der Waals surface area (Å²) in [6.07, 6.45) is -0.576. The first-order chi connectivity index (χ1) is 7.21. The Hall–Kier alpha value is 0.510. The van der Waals surface area contributed by atoms with Gasteiger partial charge < -0.3 is 41.6 Å². The molecule has 0 aliphatic carbocycles. The lowest BCUT2D eigenvalue weighted by molar-refractivity contribution is -0.870. The van der Waals surface area contributed by atoms with E-state index in [0.717, 1.165) is 0 Å². The lowest BCUT2D eigenvalue weighted by Crippen LogP contribution is -3.00. The number of nitrogens with zero attached hydrogens (tertiary/aromatic N) is 1. The largest absolute Gasteiger partial charge is 1.00 e. The second-order valence-electron chi connectivity index (χ2n) is 4.98. The first kappa shape index (κ1) is 20.8. The Kier molecular flexibility index (Phi) is 7.29. The van der Waals surface area contributed by atoms with Crippen LogP contribution >= 0.6 is 15.2 Å². The van der Waals surface area contributed by atoms with E-state index in [1.807, 2.05) is 21.1 Å². The first-order valence-electron chi connectivity index (χ1n) is 4.85. The van der Waals surface area contributed by atoms with Crippen LogP contribution in [0.15, 0.2) is 0 Å². The Morgan fingerprint density at radius 1 is 1.00 bits per heavy atom. The zero-order valence-corrected chi connectivity index (χ0v) is 12.9. The van der Waals surface area contributed by atoms with E-state index in [9.17, 15) is 14.2 Å². The Morgan fingerprint density at radius 2 is 1.33 bits per heavy atom. The van der Waals surface area contributed by atoms with Crippen molar-refractivity contribution < 1.29 is 50.7 Å². The second-order valence-corrected chi connectivity index (χ2v) is 8.99. The van der Waals surface area contributed by atoms with E-state index < -0.39 is 26.7 Å². The molecule has 0 saturated carbocycles. The Bertz CT molecular complexity index is 335. The van der Waals surface area contributed by atoms with Gasteiger partial charge in [-0.1, -0.05) is 0 Å². The smallest absolute Gasteiger partial charge is 0.369 e. The SMILES string of the molecule is C[N+](C)(C)CCCC(O)(P(=O)(O)O)P(=O)(O)O.[Cl-]. The summed E-state index contributed by atoms with van der Waals surface area (Å²) in [5.41, 5.74) is 0. The van der Waals surface area contributed by atoms with Crippen LogP contribution in [0.3, 0.4) is 0 Å². The number of hydrogen-bond donors (Lipinski definition) is 5. The van der Waals surface area contributed by atoms with E-state index in [-0.39, 0.29) is 18.8 Å². The minimum atomic E-state index is -5.31. The Labute approximate surface area is 112 Å². The topological polar surface area (TPSA) is 135 Å². The van der Waals surface area contributed by atoms with Crippen LogP contribution in [0, 0.1) is 0 Å². The Morgan fingerprint density at radius 3 is 1.56 bits per heavy atom. The van der Waals surface area contributed by atoms with Gasteiger partial charge in [-0.05, 0) is 0 Å². The molecular formula is C7H20ClNO7P2. The highest BCUT2D eigenvalue weighted by molar-refractivity contribution is 7.72. The molecule has 0 rings (SSSR count). The van der Waals surface area contributed by atoms with Crippen molar-refractivity contribution in [3.8, 4) is 0 Å². The second kappa shape index (κ2) is 6.31. The van der Waals surface area contributed by atoms with Crippen LogP contribution in [0.2, 0.25) is 0 Å². The molecule has 0 aromatic heterocycles. The molecule has 112 valence electrons. The van der Waals surface area contributed by atoms with Gasteiger partial charge in [0.15, 0.2) is 0 Å². The van der Waals surface area contributed by atoms with Gasteiger partial charge in [0.1, 0.15) is 0 Å². The molecule has 0 unspecified atom stereocenters. The maximum Gasteiger partial charge on any atom is 0.369 e. The van der Waals surface area contributed by atoms with Gasteiger partial charge >= 0.3 is 15.2 Å². The van der Waals surface area contributed by atoms with Crippen molar-refractivity contribution in [2.45, 2.75) is 17.9 Å². The number of halogens is 1. The maximum absolute atomic E-state index is 11.0. The standard InChI is InChI=1S/C7H19NO7P2.ClH/c1-8(2,3)6-4-5-7(9,16(10,11)12)17(13,14)15;/h9H,4-6H2,1-3H3,(H3-,10,11,12,13,14,15);1H. The molecule has 8 nitrogen and oxygen atoms in total. The molecule has 0 amide bonds. The van der Waals surface area contributed by atoms with Gasteiger partial charge in [0.05, 0.1) is 27.7 Å². The average molecular weight is 328 g/mol. The van der Waals surface area contributed by atoms with Gasteiger partial charge in [-0.25, -0.2) is 0 Å². The summed E-state index contributed by atoms with van der Waals surface area (Å²) in [6.45, 7) is 0.419. The molecule has 18 heavy (non-hydrogen) atoms. The summed E-state index contributed by atoms with van der Waals surface area (Å²) >= 11 is 0. The van der Waals surface area contributed by atoms with E-state index in [0.29, 0.717) is 11.0 Å². The number of rotatable bonds is 6. The molecule has 5 N–H and O–H groups in total. The molecular weight excluding hydrogens is 307 g/mol. The number of aliphatic hydroxyl groups is 1. The number of hydrogen-bond acceptors (Lipinski definition) is 3. The van der Waals surface area contributed by atoms with Crippen molar-refractivity contribution >= 4 is 15.2 Å². The van der Waals surface area contributed by atoms with Crippen LogP contribution < -0.4 is 12.4 Å². The van der Waals surface area contributed by atoms with Gasteiger partial charge in [0.2, 0.25) is 0 Å². The van der Waals surface area contributed by atoms with Gasteiger partial charge in [0, 0.05) is 12.8 Å². The van der Waals surface area contributed by atoms with Crippen molar-refractivity contribution in [2.24, 2.45) is 0 Å². The predicted molar refractivity (Wildman–Crippen MR) is 61.2 cm³/mol. The van der Waals surface area contributed by atoms with Crippen LogP contribution in [-0.4, -0.2) is 61.9 Å². The Balaban J connectivity index is 0. The lowest BCUT2D eigenvalue weighted by Gasteiger charge is -2.30. The van der Waals surface area contributed by atoms with Gasteiger partial charge in [-0.3, -0.25) is 9.13 Å². The molecule has 0 bridgehead atoms. The van der Waals surface area contributed by atoms with Gasteiger partial charge in [-0.2, -0.15) is 0 Å². The van der Waals surface area contributed by atoms with E-state index in [2.05, 4.69) is 0 Å². The van der Waals surface area contributed by atoms with Crippen LogP contribution in [0.5, 0.6) is 0 Å². The third-order valence-electron chi connectivity index (χ3n) is 2.27. The van der Waals surface area contributed by atoms with Crippen LogP contribution in [0.1, 0.15) is 12.8 Å². The van der Waals surface area contributed by atoms with Crippen LogP contribution in [-0.2, 0) is 9.13 Å². The van der Waals surface area contributed by atoms with Gasteiger partial charge in [-0.15, -0.1) is 0 Å². The quantitative estimate of drug-likeness (QED) is 0.252. The summed E-state index contributed by atoms with van der Waals surface area (Å²) < 4.78 is 22.5. The van der Waals surface area contributed by atoms with Crippen molar-refractivity contribution in [1.82, 2.24) is 0 Å². The molecule has 0 saturated heterocycles. The summed E-state index contributed by atoms with van der Waals surface area (Å²) in [6, 6.07) is 0. The predicted octanol–water partition coefficient (Wildman–Crippen LogP) is -3.52. The fraction of sp³-hybridized carbons (Fsp3) is 1.00. The molecule has 0 spiro atoms. The molecule has 11 heteroatoms. The van der Waals surface area contributed by atoms with Crippen molar-refractivity contribution in [3.63, 3.8) is 0 Å². The molecule has 0 heterocycles. The third-order valence-corrected chi connectivity index (χ3v) is 6.15. The van der Waals surface area contributed by atoms with Crippen LogP contribution in [0.25, 0.3) is 0 Å². The van der Waals surface area contributed by atoms with Crippen molar-refractivity contribution in [3.05, 3.63) is 0 Å². The fourth-order valence-corrected chi connectivity index (χ4v) is 3.51. The number of quaternary nitrogens is 1. The monoisotopic (exact) mass is 327 g/mol. The molecule has 0 radical (unpaired) electrons. The summed E-state index contributed by atoms with van der Waals surface area (Å²) in [5.74, 6) is 0. The summed E-state index contributed by atoms with van der Waals surface area (Å²) in [5, 5.41) is 6.27. The fourth-order valence-electron chi connectivity index (χ4n) is 1.25. The van der Waals surface area contributed by atoms with E-state index in [1.54, 1.807) is 0 Å². The molecule has 0 atom stereocenters. The van der Waals surface area contributed by atoms with E-state index >= 15 is 0 Å². The highest BCUT2D eigenvalue weighted by Crippen LogP contribution is 2.69.